The van der Waals surface area contributed by atoms with E-state index >= 15 is 0 Å². The number of aliphatic hydroxyl groups is 1. The molecule has 3 rings (SSSR count). The number of rotatable bonds is 6. The summed E-state index contributed by atoms with van der Waals surface area (Å²) in [6.45, 7) is 2.68. The third-order valence-electron chi connectivity index (χ3n) is 4.19. The van der Waals surface area contributed by atoms with Crippen molar-refractivity contribution in [3.05, 3.63) is 42.5 Å². The van der Waals surface area contributed by atoms with E-state index in [4.69, 9.17) is 9.47 Å². The second-order valence-corrected chi connectivity index (χ2v) is 5.86. The Labute approximate surface area is 131 Å². The molecule has 2 aromatic rings. The second-order valence-electron chi connectivity index (χ2n) is 5.86. The maximum absolute atomic E-state index is 10.1. The van der Waals surface area contributed by atoms with Crippen LogP contribution in [0.2, 0.25) is 0 Å². The highest BCUT2D eigenvalue weighted by atomic mass is 16.5. The Balaban J connectivity index is 1.50. The van der Waals surface area contributed by atoms with Crippen molar-refractivity contribution < 1.29 is 19.9 Å². The molecule has 1 fully saturated rings. The first-order valence-electron chi connectivity index (χ1n) is 8.02. The third kappa shape index (κ3) is 3.97. The summed E-state index contributed by atoms with van der Waals surface area (Å²) in [6, 6.07) is 14.7. The molecule has 0 saturated carbocycles. The fourth-order valence-corrected chi connectivity index (χ4v) is 2.88. The highest BCUT2D eigenvalue weighted by molar-refractivity contribution is 5.88. The lowest BCUT2D eigenvalue weighted by atomic mass is 10.1. The summed E-state index contributed by atoms with van der Waals surface area (Å²) < 4.78 is 11.2. The largest absolute Gasteiger partial charge is 0.490 e. The van der Waals surface area contributed by atoms with E-state index in [1.165, 1.54) is 0 Å². The van der Waals surface area contributed by atoms with E-state index in [9.17, 15) is 5.11 Å². The Morgan fingerprint density at radius 1 is 1.14 bits per heavy atom. The van der Waals surface area contributed by atoms with E-state index in [0.29, 0.717) is 19.2 Å². The first-order chi connectivity index (χ1) is 10.8. The first-order valence-corrected chi connectivity index (χ1v) is 8.02. The highest BCUT2D eigenvalue weighted by Gasteiger charge is 2.18. The molecular formula is C18H24NO3+. The van der Waals surface area contributed by atoms with Crippen molar-refractivity contribution in [1.82, 2.24) is 0 Å². The van der Waals surface area contributed by atoms with Crippen LogP contribution < -0.4 is 10.1 Å². The molecule has 0 unspecified atom stereocenters. The van der Waals surface area contributed by atoms with Crippen LogP contribution in [0.3, 0.4) is 0 Å². The van der Waals surface area contributed by atoms with Crippen molar-refractivity contribution in [2.45, 2.75) is 25.0 Å². The second kappa shape index (κ2) is 7.58. The molecule has 118 valence electrons. The van der Waals surface area contributed by atoms with Crippen LogP contribution in [0.1, 0.15) is 12.8 Å². The van der Waals surface area contributed by atoms with Crippen LogP contribution in [0.5, 0.6) is 5.75 Å². The van der Waals surface area contributed by atoms with E-state index < -0.39 is 6.10 Å². The summed E-state index contributed by atoms with van der Waals surface area (Å²) in [6.07, 6.45) is 1.68. The van der Waals surface area contributed by atoms with Gasteiger partial charge in [-0.15, -0.1) is 0 Å². The van der Waals surface area contributed by atoms with Gasteiger partial charge in [-0.05, 0) is 11.5 Å². The van der Waals surface area contributed by atoms with Gasteiger partial charge >= 0.3 is 0 Å². The number of hydrogen-bond acceptors (Lipinski definition) is 3. The van der Waals surface area contributed by atoms with Crippen LogP contribution >= 0.6 is 0 Å². The van der Waals surface area contributed by atoms with Gasteiger partial charge < -0.3 is 19.9 Å². The molecular weight excluding hydrogens is 278 g/mol. The minimum absolute atomic E-state index is 0.327. The minimum Gasteiger partial charge on any atom is -0.490 e. The molecule has 4 heteroatoms. The maximum atomic E-state index is 10.1. The Bertz CT molecular complexity index is 590. The molecule has 0 aromatic heterocycles. The SMILES string of the molecule is O[C@@H](C[NH2+]C1CCOCC1)COc1cccc2ccccc12. The molecule has 1 aliphatic heterocycles. The summed E-state index contributed by atoms with van der Waals surface area (Å²) in [5.41, 5.74) is 0. The van der Waals surface area contributed by atoms with Gasteiger partial charge in [-0.25, -0.2) is 0 Å². The Hall–Kier alpha value is -1.62. The van der Waals surface area contributed by atoms with Crippen molar-refractivity contribution in [2.75, 3.05) is 26.4 Å². The summed E-state index contributed by atoms with van der Waals surface area (Å²) >= 11 is 0. The van der Waals surface area contributed by atoms with Gasteiger partial charge in [-0.1, -0.05) is 36.4 Å². The summed E-state index contributed by atoms with van der Waals surface area (Å²) in [7, 11) is 0. The Kier molecular flexibility index (Phi) is 5.27. The van der Waals surface area contributed by atoms with E-state index in [1.807, 2.05) is 30.3 Å². The smallest absolute Gasteiger partial charge is 0.137 e. The van der Waals surface area contributed by atoms with Crippen LogP contribution in [0.25, 0.3) is 10.8 Å². The van der Waals surface area contributed by atoms with Gasteiger partial charge in [0, 0.05) is 18.2 Å². The van der Waals surface area contributed by atoms with Gasteiger partial charge in [-0.3, -0.25) is 0 Å². The summed E-state index contributed by atoms with van der Waals surface area (Å²) in [5.74, 6) is 0.836. The van der Waals surface area contributed by atoms with Gasteiger partial charge in [-0.2, -0.15) is 0 Å². The number of ether oxygens (including phenoxy) is 2. The number of hydrogen-bond donors (Lipinski definition) is 2. The predicted octanol–water partition coefficient (Wildman–Crippen LogP) is 1.32. The lowest BCUT2D eigenvalue weighted by Gasteiger charge is -2.21. The Morgan fingerprint density at radius 3 is 2.77 bits per heavy atom. The van der Waals surface area contributed by atoms with Crippen LogP contribution in [0.4, 0.5) is 0 Å². The summed E-state index contributed by atoms with van der Waals surface area (Å²) in [4.78, 5) is 0. The maximum Gasteiger partial charge on any atom is 0.137 e. The number of quaternary nitrogens is 1. The standard InChI is InChI=1S/C18H23NO3/c20-16(12-19-15-8-10-21-11-9-15)13-22-18-7-3-5-14-4-1-2-6-17(14)18/h1-7,15-16,19-20H,8-13H2/p+1/t16-/m0/s1. The molecule has 0 amide bonds. The molecule has 1 aliphatic rings. The topological polar surface area (TPSA) is 55.3 Å². The monoisotopic (exact) mass is 302 g/mol. The van der Waals surface area contributed by atoms with Crippen molar-refractivity contribution in [2.24, 2.45) is 0 Å². The molecule has 0 radical (unpaired) electrons. The van der Waals surface area contributed by atoms with Gasteiger partial charge in [0.2, 0.25) is 0 Å². The molecule has 1 saturated heterocycles. The zero-order valence-electron chi connectivity index (χ0n) is 12.8. The lowest BCUT2D eigenvalue weighted by Crippen LogP contribution is -2.92. The number of aliphatic hydroxyl groups excluding tert-OH is 1. The predicted molar refractivity (Wildman–Crippen MR) is 86.1 cm³/mol. The number of benzene rings is 2. The molecule has 2 aromatic carbocycles. The molecule has 4 nitrogen and oxygen atoms in total. The van der Waals surface area contributed by atoms with Gasteiger partial charge in [0.15, 0.2) is 0 Å². The van der Waals surface area contributed by atoms with E-state index in [1.54, 1.807) is 0 Å². The van der Waals surface area contributed by atoms with Crippen molar-refractivity contribution in [3.63, 3.8) is 0 Å². The number of nitrogens with two attached hydrogens (primary N) is 1. The van der Waals surface area contributed by atoms with Crippen molar-refractivity contribution in [1.29, 1.82) is 0 Å². The molecule has 0 spiro atoms. The number of fused-ring (bicyclic) bond motifs is 1. The Morgan fingerprint density at radius 2 is 1.91 bits per heavy atom. The zero-order valence-corrected chi connectivity index (χ0v) is 12.8. The van der Waals surface area contributed by atoms with Crippen molar-refractivity contribution in [3.8, 4) is 5.75 Å². The quantitative estimate of drug-likeness (QED) is 0.846. The minimum atomic E-state index is -0.457. The van der Waals surface area contributed by atoms with Crippen LogP contribution in [0.15, 0.2) is 42.5 Å². The van der Waals surface area contributed by atoms with E-state index in [-0.39, 0.29) is 0 Å². The molecule has 3 N–H and O–H groups in total. The third-order valence-corrected chi connectivity index (χ3v) is 4.19. The normalized spacial score (nSPS) is 17.5. The van der Waals surface area contributed by atoms with Crippen LogP contribution in [0, 0.1) is 0 Å². The molecule has 22 heavy (non-hydrogen) atoms. The first kappa shape index (κ1) is 15.3. The summed E-state index contributed by atoms with van der Waals surface area (Å²) in [5, 5.41) is 14.6. The average molecular weight is 302 g/mol. The fraction of sp³-hybridized carbons (Fsp3) is 0.444. The van der Waals surface area contributed by atoms with Crippen LogP contribution in [-0.4, -0.2) is 43.6 Å². The van der Waals surface area contributed by atoms with Crippen molar-refractivity contribution >= 4 is 10.8 Å². The van der Waals surface area contributed by atoms with Gasteiger partial charge in [0.05, 0.1) is 19.3 Å². The van der Waals surface area contributed by atoms with E-state index in [2.05, 4.69) is 17.4 Å². The zero-order chi connectivity index (χ0) is 15.2. The molecule has 0 bridgehead atoms. The lowest BCUT2D eigenvalue weighted by molar-refractivity contribution is -0.698. The average Bonchev–Trinajstić information content (AvgIpc) is 2.59. The molecule has 1 atom stereocenters. The van der Waals surface area contributed by atoms with E-state index in [0.717, 1.165) is 42.6 Å². The fourth-order valence-electron chi connectivity index (χ4n) is 2.88. The van der Waals surface area contributed by atoms with Gasteiger partial charge in [0.1, 0.15) is 25.0 Å². The molecule has 0 aliphatic carbocycles. The van der Waals surface area contributed by atoms with Gasteiger partial charge in [0.25, 0.3) is 0 Å². The van der Waals surface area contributed by atoms with Crippen LogP contribution in [-0.2, 0) is 4.74 Å². The molecule has 1 heterocycles. The highest BCUT2D eigenvalue weighted by Crippen LogP contribution is 2.25.